The Labute approximate surface area is 127 Å². The highest BCUT2D eigenvalue weighted by Gasteiger charge is 2.03. The van der Waals surface area contributed by atoms with E-state index in [1.165, 1.54) is 6.07 Å². The number of hydrogen-bond donors (Lipinski definition) is 2. The molecule has 0 bridgehead atoms. The van der Waals surface area contributed by atoms with Crippen molar-refractivity contribution in [1.82, 2.24) is 10.6 Å². The zero-order valence-corrected chi connectivity index (χ0v) is 13.5. The lowest BCUT2D eigenvalue weighted by molar-refractivity contribution is 0.152. The van der Waals surface area contributed by atoms with Crippen molar-refractivity contribution in [2.75, 3.05) is 26.3 Å². The van der Waals surface area contributed by atoms with Gasteiger partial charge in [0, 0.05) is 29.7 Å². The van der Waals surface area contributed by atoms with Gasteiger partial charge in [-0.1, -0.05) is 15.9 Å². The van der Waals surface area contributed by atoms with Crippen molar-refractivity contribution in [1.29, 1.82) is 0 Å². The molecule has 0 saturated carbocycles. The van der Waals surface area contributed by atoms with Crippen LogP contribution >= 0.6 is 15.9 Å². The maximum Gasteiger partial charge on any atom is 0.191 e. The zero-order chi connectivity index (χ0) is 14.8. The van der Waals surface area contributed by atoms with Gasteiger partial charge in [-0.25, -0.2) is 9.38 Å². The van der Waals surface area contributed by atoms with Gasteiger partial charge in [-0.2, -0.15) is 0 Å². The zero-order valence-electron chi connectivity index (χ0n) is 11.9. The number of ether oxygens (including phenoxy) is 1. The molecule has 0 aliphatic rings. The smallest absolute Gasteiger partial charge is 0.191 e. The summed E-state index contributed by atoms with van der Waals surface area (Å²) in [7, 11) is 0. The van der Waals surface area contributed by atoms with Gasteiger partial charge in [-0.15, -0.1) is 0 Å². The Bertz CT molecular complexity index is 440. The molecule has 6 heteroatoms. The number of rotatable bonds is 7. The van der Waals surface area contributed by atoms with Gasteiger partial charge in [-0.3, -0.25) is 0 Å². The molecule has 0 aromatic heterocycles. The minimum Gasteiger partial charge on any atom is -0.380 e. The maximum absolute atomic E-state index is 13.6. The number of benzene rings is 1. The van der Waals surface area contributed by atoms with E-state index in [2.05, 4.69) is 31.6 Å². The van der Waals surface area contributed by atoms with E-state index < -0.39 is 0 Å². The first kappa shape index (κ1) is 16.9. The van der Waals surface area contributed by atoms with Crippen molar-refractivity contribution in [3.63, 3.8) is 0 Å². The van der Waals surface area contributed by atoms with Crippen LogP contribution in [0.1, 0.15) is 19.4 Å². The molecule has 0 heterocycles. The van der Waals surface area contributed by atoms with E-state index in [1.807, 2.05) is 13.8 Å². The van der Waals surface area contributed by atoms with Crippen molar-refractivity contribution in [2.45, 2.75) is 20.4 Å². The number of nitrogens with zero attached hydrogens (tertiary/aromatic N) is 1. The van der Waals surface area contributed by atoms with Crippen molar-refractivity contribution >= 4 is 21.9 Å². The molecule has 112 valence electrons. The Morgan fingerprint density at radius 2 is 2.15 bits per heavy atom. The fourth-order valence-electron chi connectivity index (χ4n) is 1.56. The van der Waals surface area contributed by atoms with E-state index in [0.717, 1.165) is 11.0 Å². The van der Waals surface area contributed by atoms with Crippen LogP contribution in [0, 0.1) is 5.82 Å². The molecule has 20 heavy (non-hydrogen) atoms. The largest absolute Gasteiger partial charge is 0.380 e. The van der Waals surface area contributed by atoms with Crippen LogP contribution in [0.5, 0.6) is 0 Å². The van der Waals surface area contributed by atoms with Crippen LogP contribution in [0.3, 0.4) is 0 Å². The lowest BCUT2D eigenvalue weighted by Gasteiger charge is -2.11. The summed E-state index contributed by atoms with van der Waals surface area (Å²) in [6, 6.07) is 4.85. The van der Waals surface area contributed by atoms with Crippen molar-refractivity contribution in [3.05, 3.63) is 34.1 Å². The Hall–Kier alpha value is -1.14. The first-order valence-electron chi connectivity index (χ1n) is 6.71. The lowest BCUT2D eigenvalue weighted by Crippen LogP contribution is -2.39. The SMILES string of the molecule is CCNC(=NCc1cc(Br)ccc1F)NCCOCC. The molecule has 0 unspecified atom stereocenters. The van der Waals surface area contributed by atoms with Crippen LogP contribution in [-0.4, -0.2) is 32.3 Å². The fraction of sp³-hybridized carbons (Fsp3) is 0.500. The summed E-state index contributed by atoms with van der Waals surface area (Å²) in [6.45, 7) is 6.96. The standard InChI is InChI=1S/C14H21BrFN3O/c1-3-17-14(18-7-8-20-4-2)19-10-11-9-12(15)5-6-13(11)16/h5-6,9H,3-4,7-8,10H2,1-2H3,(H2,17,18,19). The Morgan fingerprint density at radius 3 is 2.85 bits per heavy atom. The number of guanidine groups is 1. The number of nitrogens with one attached hydrogen (secondary N) is 2. The van der Waals surface area contributed by atoms with Gasteiger partial charge in [0.15, 0.2) is 5.96 Å². The molecule has 1 rings (SSSR count). The van der Waals surface area contributed by atoms with Crippen LogP contribution in [-0.2, 0) is 11.3 Å². The monoisotopic (exact) mass is 345 g/mol. The average molecular weight is 346 g/mol. The Morgan fingerprint density at radius 1 is 1.35 bits per heavy atom. The van der Waals surface area contributed by atoms with Crippen LogP contribution in [0.4, 0.5) is 4.39 Å². The van der Waals surface area contributed by atoms with Gasteiger partial charge in [0.2, 0.25) is 0 Å². The molecule has 0 atom stereocenters. The van der Waals surface area contributed by atoms with Gasteiger partial charge >= 0.3 is 0 Å². The molecule has 0 radical (unpaired) electrons. The van der Waals surface area contributed by atoms with Crippen LogP contribution in [0.2, 0.25) is 0 Å². The highest BCUT2D eigenvalue weighted by Crippen LogP contribution is 2.16. The van der Waals surface area contributed by atoms with Gasteiger partial charge in [0.1, 0.15) is 5.82 Å². The highest BCUT2D eigenvalue weighted by molar-refractivity contribution is 9.10. The molecule has 0 saturated heterocycles. The average Bonchev–Trinajstić information content (AvgIpc) is 2.44. The van der Waals surface area contributed by atoms with Crippen molar-refractivity contribution < 1.29 is 9.13 Å². The second-order valence-corrected chi connectivity index (χ2v) is 4.97. The van der Waals surface area contributed by atoms with Crippen LogP contribution in [0.25, 0.3) is 0 Å². The highest BCUT2D eigenvalue weighted by atomic mass is 79.9. The summed E-state index contributed by atoms with van der Waals surface area (Å²) in [4.78, 5) is 4.36. The minimum atomic E-state index is -0.248. The molecule has 0 spiro atoms. The van der Waals surface area contributed by atoms with E-state index in [1.54, 1.807) is 12.1 Å². The summed E-state index contributed by atoms with van der Waals surface area (Å²) in [5, 5.41) is 6.25. The topological polar surface area (TPSA) is 45.7 Å². The summed E-state index contributed by atoms with van der Waals surface area (Å²) in [5.74, 6) is 0.411. The van der Waals surface area contributed by atoms with Gasteiger partial charge < -0.3 is 15.4 Å². The van der Waals surface area contributed by atoms with Crippen LogP contribution in [0.15, 0.2) is 27.7 Å². The third kappa shape index (κ3) is 6.34. The molecular formula is C14H21BrFN3O. The normalized spacial score (nSPS) is 11.5. The summed E-state index contributed by atoms with van der Waals surface area (Å²) < 4.78 is 19.7. The fourth-order valence-corrected chi connectivity index (χ4v) is 1.96. The molecule has 0 amide bonds. The van der Waals surface area contributed by atoms with Crippen molar-refractivity contribution in [3.8, 4) is 0 Å². The van der Waals surface area contributed by atoms with Crippen LogP contribution < -0.4 is 10.6 Å². The molecule has 0 fully saturated rings. The quantitative estimate of drug-likeness (QED) is 0.453. The third-order valence-corrected chi connectivity index (χ3v) is 3.00. The van der Waals surface area contributed by atoms with Gasteiger partial charge in [-0.05, 0) is 32.0 Å². The first-order valence-corrected chi connectivity index (χ1v) is 7.50. The third-order valence-electron chi connectivity index (χ3n) is 2.50. The van der Waals surface area contributed by atoms with E-state index in [9.17, 15) is 4.39 Å². The summed E-state index contributed by atoms with van der Waals surface area (Å²) in [6.07, 6.45) is 0. The van der Waals surface area contributed by atoms with E-state index >= 15 is 0 Å². The molecule has 0 aliphatic heterocycles. The van der Waals surface area contributed by atoms with E-state index in [0.29, 0.717) is 31.3 Å². The van der Waals surface area contributed by atoms with Crippen molar-refractivity contribution in [2.24, 2.45) is 4.99 Å². The molecule has 1 aromatic carbocycles. The van der Waals surface area contributed by atoms with E-state index in [-0.39, 0.29) is 12.4 Å². The minimum absolute atomic E-state index is 0.248. The number of halogens is 2. The summed E-state index contributed by atoms with van der Waals surface area (Å²) >= 11 is 3.33. The Balaban J connectivity index is 2.59. The Kier molecular flexibility index (Phi) is 8.22. The lowest BCUT2D eigenvalue weighted by atomic mass is 10.2. The number of hydrogen-bond acceptors (Lipinski definition) is 2. The maximum atomic E-state index is 13.6. The summed E-state index contributed by atoms with van der Waals surface area (Å²) in [5.41, 5.74) is 0.557. The molecule has 0 aliphatic carbocycles. The molecular weight excluding hydrogens is 325 g/mol. The van der Waals surface area contributed by atoms with Gasteiger partial charge in [0.25, 0.3) is 0 Å². The van der Waals surface area contributed by atoms with E-state index in [4.69, 9.17) is 4.74 Å². The molecule has 2 N–H and O–H groups in total. The second kappa shape index (κ2) is 9.72. The molecule has 1 aromatic rings. The number of aliphatic imine (C=N–C) groups is 1. The predicted octanol–water partition coefficient (Wildman–Crippen LogP) is 2.68. The first-order chi connectivity index (χ1) is 9.67. The molecule has 4 nitrogen and oxygen atoms in total. The van der Waals surface area contributed by atoms with Gasteiger partial charge in [0.05, 0.1) is 13.2 Å². The predicted molar refractivity (Wildman–Crippen MR) is 83.4 cm³/mol. The second-order valence-electron chi connectivity index (χ2n) is 4.05.